The highest BCUT2D eigenvalue weighted by Crippen LogP contribution is 2.27. The van der Waals surface area contributed by atoms with Gasteiger partial charge in [-0.1, -0.05) is 18.2 Å². The molecule has 2 aliphatic heterocycles. The van der Waals surface area contributed by atoms with E-state index < -0.39 is 12.1 Å². The third-order valence-electron chi connectivity index (χ3n) is 3.29. The van der Waals surface area contributed by atoms with Crippen LogP contribution < -0.4 is 5.32 Å². The van der Waals surface area contributed by atoms with Crippen LogP contribution in [0.4, 0.5) is 13.2 Å². The first-order chi connectivity index (χ1) is 10.7. The molecule has 2 atom stereocenters. The maximum atomic E-state index is 11.0. The van der Waals surface area contributed by atoms with Gasteiger partial charge in [0, 0.05) is 12.1 Å². The quantitative estimate of drug-likeness (QED) is 0.450. The van der Waals surface area contributed by atoms with Crippen molar-refractivity contribution < 1.29 is 37.3 Å². The van der Waals surface area contributed by atoms with Gasteiger partial charge in [0.1, 0.15) is 0 Å². The SMILES string of the molecule is COC(=O)/C=C/[C@H]1CC[C@@]2(C=CCOC2)N1.O=C(O)C(F)(F)F. The molecule has 130 valence electrons. The Labute approximate surface area is 130 Å². The number of carboxylic acids is 1. The van der Waals surface area contributed by atoms with Crippen LogP contribution in [0.2, 0.25) is 0 Å². The second kappa shape index (κ2) is 8.11. The second-order valence-electron chi connectivity index (χ2n) is 5.05. The zero-order valence-corrected chi connectivity index (χ0v) is 12.4. The molecule has 0 aromatic rings. The van der Waals surface area contributed by atoms with Gasteiger partial charge in [-0.2, -0.15) is 13.2 Å². The van der Waals surface area contributed by atoms with Crippen LogP contribution in [0.3, 0.4) is 0 Å². The lowest BCUT2D eigenvalue weighted by Gasteiger charge is -2.29. The molecule has 0 saturated carbocycles. The normalized spacial score (nSPS) is 26.9. The lowest BCUT2D eigenvalue weighted by atomic mass is 9.97. The molecule has 0 amide bonds. The summed E-state index contributed by atoms with van der Waals surface area (Å²) in [4.78, 5) is 19.9. The first-order valence-corrected chi connectivity index (χ1v) is 6.78. The summed E-state index contributed by atoms with van der Waals surface area (Å²) >= 11 is 0. The average molecular weight is 337 g/mol. The Kier molecular flexibility index (Phi) is 6.77. The highest BCUT2D eigenvalue weighted by atomic mass is 19.4. The number of hydrogen-bond acceptors (Lipinski definition) is 5. The number of carbonyl (C=O) groups excluding carboxylic acids is 1. The lowest BCUT2D eigenvalue weighted by molar-refractivity contribution is -0.192. The molecule has 0 bridgehead atoms. The van der Waals surface area contributed by atoms with Crippen molar-refractivity contribution in [2.24, 2.45) is 0 Å². The van der Waals surface area contributed by atoms with E-state index in [0.717, 1.165) is 12.8 Å². The Morgan fingerprint density at radius 1 is 1.48 bits per heavy atom. The molecular formula is C14H18F3NO5. The predicted octanol–water partition coefficient (Wildman–Crippen LogP) is 1.43. The van der Waals surface area contributed by atoms with Gasteiger partial charge in [0.25, 0.3) is 0 Å². The van der Waals surface area contributed by atoms with Gasteiger partial charge in [0.15, 0.2) is 0 Å². The summed E-state index contributed by atoms with van der Waals surface area (Å²) in [5.74, 6) is -3.06. The van der Waals surface area contributed by atoms with Crippen molar-refractivity contribution in [2.45, 2.75) is 30.6 Å². The van der Waals surface area contributed by atoms with Crippen LogP contribution in [0, 0.1) is 0 Å². The van der Waals surface area contributed by atoms with E-state index in [2.05, 4.69) is 16.1 Å². The lowest BCUT2D eigenvalue weighted by Crippen LogP contribution is -2.46. The summed E-state index contributed by atoms with van der Waals surface area (Å²) in [5.41, 5.74) is -0.0244. The van der Waals surface area contributed by atoms with Crippen molar-refractivity contribution in [1.82, 2.24) is 5.32 Å². The molecule has 0 aromatic carbocycles. The van der Waals surface area contributed by atoms with Gasteiger partial charge in [0.2, 0.25) is 0 Å². The maximum Gasteiger partial charge on any atom is 0.490 e. The third kappa shape index (κ3) is 6.41. The number of ether oxygens (including phenoxy) is 2. The minimum Gasteiger partial charge on any atom is -0.475 e. The van der Waals surface area contributed by atoms with Gasteiger partial charge in [-0.3, -0.25) is 5.32 Å². The Morgan fingerprint density at radius 3 is 2.61 bits per heavy atom. The molecule has 0 unspecified atom stereocenters. The largest absolute Gasteiger partial charge is 0.490 e. The molecule has 1 fully saturated rings. The highest BCUT2D eigenvalue weighted by Gasteiger charge is 2.38. The fraction of sp³-hybridized carbons (Fsp3) is 0.571. The second-order valence-corrected chi connectivity index (χ2v) is 5.05. The van der Waals surface area contributed by atoms with Crippen LogP contribution in [-0.4, -0.2) is 55.1 Å². The smallest absolute Gasteiger partial charge is 0.475 e. The minimum atomic E-state index is -5.08. The number of carboxylic acid groups (broad SMARTS) is 1. The molecule has 1 spiro atoms. The topological polar surface area (TPSA) is 84.9 Å². The Hall–Kier alpha value is -1.87. The molecule has 2 N–H and O–H groups in total. The van der Waals surface area contributed by atoms with Gasteiger partial charge >= 0.3 is 18.1 Å². The summed E-state index contributed by atoms with van der Waals surface area (Å²) in [7, 11) is 1.38. The zero-order valence-electron chi connectivity index (χ0n) is 12.4. The van der Waals surface area contributed by atoms with Gasteiger partial charge in [-0.25, -0.2) is 9.59 Å². The molecule has 23 heavy (non-hydrogen) atoms. The number of aliphatic carboxylic acids is 1. The molecule has 9 heteroatoms. The first-order valence-electron chi connectivity index (χ1n) is 6.78. The van der Waals surface area contributed by atoms with Crippen LogP contribution in [-0.2, 0) is 19.1 Å². The van der Waals surface area contributed by atoms with Crippen molar-refractivity contribution in [3.63, 3.8) is 0 Å². The first kappa shape index (κ1) is 19.2. The number of halogens is 3. The minimum absolute atomic E-state index is 0.0244. The number of carbonyl (C=O) groups is 2. The summed E-state index contributed by atoms with van der Waals surface area (Å²) in [6.07, 6.45) is 4.54. The fourth-order valence-corrected chi connectivity index (χ4v) is 2.21. The van der Waals surface area contributed by atoms with E-state index in [1.165, 1.54) is 13.2 Å². The number of esters is 1. The van der Waals surface area contributed by atoms with Crippen LogP contribution in [0.1, 0.15) is 12.8 Å². The van der Waals surface area contributed by atoms with Crippen LogP contribution in [0.25, 0.3) is 0 Å². The number of alkyl halides is 3. The molecule has 1 saturated heterocycles. The van der Waals surface area contributed by atoms with E-state index >= 15 is 0 Å². The third-order valence-corrected chi connectivity index (χ3v) is 3.29. The van der Waals surface area contributed by atoms with Crippen molar-refractivity contribution in [1.29, 1.82) is 0 Å². The monoisotopic (exact) mass is 337 g/mol. The van der Waals surface area contributed by atoms with Crippen molar-refractivity contribution in [3.8, 4) is 0 Å². The molecule has 0 radical (unpaired) electrons. The van der Waals surface area contributed by atoms with E-state index in [-0.39, 0.29) is 17.6 Å². The highest BCUT2D eigenvalue weighted by molar-refractivity contribution is 5.81. The Morgan fingerprint density at radius 2 is 2.13 bits per heavy atom. The summed E-state index contributed by atoms with van der Waals surface area (Å²) in [5, 5.41) is 10.6. The van der Waals surface area contributed by atoms with Gasteiger partial charge < -0.3 is 14.6 Å². The molecule has 6 nitrogen and oxygen atoms in total. The van der Waals surface area contributed by atoms with E-state index in [1.807, 2.05) is 12.2 Å². The van der Waals surface area contributed by atoms with Gasteiger partial charge in [-0.15, -0.1) is 0 Å². The Bertz CT molecular complexity index is 489. The van der Waals surface area contributed by atoms with Gasteiger partial charge in [0.05, 0.1) is 25.9 Å². The number of rotatable bonds is 2. The predicted molar refractivity (Wildman–Crippen MR) is 73.7 cm³/mol. The average Bonchev–Trinajstić information content (AvgIpc) is 2.88. The number of hydrogen-bond donors (Lipinski definition) is 2. The van der Waals surface area contributed by atoms with E-state index in [1.54, 1.807) is 0 Å². The zero-order chi connectivity index (χ0) is 17.5. The van der Waals surface area contributed by atoms with E-state index in [4.69, 9.17) is 14.6 Å². The van der Waals surface area contributed by atoms with Crippen LogP contribution in [0.5, 0.6) is 0 Å². The molecule has 2 heterocycles. The van der Waals surface area contributed by atoms with Crippen molar-refractivity contribution in [2.75, 3.05) is 20.3 Å². The molecule has 0 aliphatic carbocycles. The van der Waals surface area contributed by atoms with Crippen molar-refractivity contribution >= 4 is 11.9 Å². The molecular weight excluding hydrogens is 319 g/mol. The molecule has 0 aromatic heterocycles. The number of nitrogens with one attached hydrogen (secondary N) is 1. The van der Waals surface area contributed by atoms with Gasteiger partial charge in [-0.05, 0) is 12.8 Å². The van der Waals surface area contributed by atoms with E-state index in [9.17, 15) is 18.0 Å². The standard InChI is InChI=1S/C12H17NO3.C2HF3O2/c1-15-11(14)4-3-10-5-7-12(13-10)6-2-8-16-9-12;3-2(4,5)1(6)7/h2-4,6,10,13H,5,7-9H2,1H3;(H,6,7)/b4-3+;/t10-,12+;/m0./s1. The maximum absolute atomic E-state index is 11.0. The number of methoxy groups -OCH3 is 1. The van der Waals surface area contributed by atoms with Crippen LogP contribution >= 0.6 is 0 Å². The summed E-state index contributed by atoms with van der Waals surface area (Å²) in [6.45, 7) is 1.41. The summed E-state index contributed by atoms with van der Waals surface area (Å²) in [6, 6.07) is 0.227. The van der Waals surface area contributed by atoms with Crippen molar-refractivity contribution in [3.05, 3.63) is 24.3 Å². The molecule has 2 aliphatic rings. The van der Waals surface area contributed by atoms with Crippen LogP contribution in [0.15, 0.2) is 24.3 Å². The Balaban J connectivity index is 0.000000322. The van der Waals surface area contributed by atoms with E-state index in [0.29, 0.717) is 13.2 Å². The summed E-state index contributed by atoms with van der Waals surface area (Å²) < 4.78 is 41.7. The fourth-order valence-electron chi connectivity index (χ4n) is 2.21. The molecule has 2 rings (SSSR count).